The minimum atomic E-state index is -4.42. The molecule has 0 spiro atoms. The van der Waals surface area contributed by atoms with E-state index in [-0.39, 0.29) is 12.4 Å². The fourth-order valence-electron chi connectivity index (χ4n) is 1.46. The van der Waals surface area contributed by atoms with Crippen molar-refractivity contribution < 1.29 is 18.0 Å². The van der Waals surface area contributed by atoms with Crippen molar-refractivity contribution in [3.05, 3.63) is 36.3 Å². The molecule has 0 aliphatic carbocycles. The van der Waals surface area contributed by atoms with E-state index >= 15 is 0 Å². The zero-order valence-corrected chi connectivity index (χ0v) is 10.1. The zero-order valence-electron chi connectivity index (χ0n) is 10.1. The molecular weight excluding hydrogens is 275 g/mol. The average Bonchev–Trinajstić information content (AvgIpc) is 2.75. The fraction of sp³-hybridized carbons (Fsp3) is 0.182. The molecule has 0 unspecified atom stereocenters. The van der Waals surface area contributed by atoms with E-state index in [0.717, 1.165) is 12.3 Å². The molecule has 2 rings (SSSR count). The predicted molar refractivity (Wildman–Crippen MR) is 63.9 cm³/mol. The van der Waals surface area contributed by atoms with Gasteiger partial charge in [0.25, 0.3) is 0 Å². The van der Waals surface area contributed by atoms with Crippen LogP contribution in [0.2, 0.25) is 0 Å². The molecule has 106 valence electrons. The molecule has 0 aliphatic heterocycles. The summed E-state index contributed by atoms with van der Waals surface area (Å²) in [5, 5.41) is 6.62. The lowest BCUT2D eigenvalue weighted by Crippen LogP contribution is -2.18. The molecule has 2 heterocycles. The van der Waals surface area contributed by atoms with Crippen molar-refractivity contribution in [3.8, 4) is 0 Å². The van der Waals surface area contributed by atoms with Crippen LogP contribution >= 0.6 is 0 Å². The summed E-state index contributed by atoms with van der Waals surface area (Å²) < 4.78 is 38.4. The molecule has 0 radical (unpaired) electrons. The number of hydrogen-bond donors (Lipinski definition) is 2. The molecule has 2 aromatic heterocycles. The van der Waals surface area contributed by atoms with Gasteiger partial charge in [-0.05, 0) is 12.1 Å². The van der Waals surface area contributed by atoms with Crippen molar-refractivity contribution in [2.24, 2.45) is 5.73 Å². The van der Waals surface area contributed by atoms with Crippen LogP contribution in [0.25, 0.3) is 0 Å². The highest BCUT2D eigenvalue weighted by molar-refractivity contribution is 5.73. The van der Waals surface area contributed by atoms with Gasteiger partial charge in [-0.3, -0.25) is 9.48 Å². The number of alkyl halides is 3. The van der Waals surface area contributed by atoms with Crippen molar-refractivity contribution in [3.63, 3.8) is 0 Å². The minimum Gasteiger partial charge on any atom is -0.368 e. The Morgan fingerprint density at radius 1 is 1.35 bits per heavy atom. The van der Waals surface area contributed by atoms with E-state index < -0.39 is 17.6 Å². The monoisotopic (exact) mass is 285 g/mol. The zero-order chi connectivity index (χ0) is 14.8. The van der Waals surface area contributed by atoms with Gasteiger partial charge in [-0.15, -0.1) is 0 Å². The maximum Gasteiger partial charge on any atom is 0.417 e. The number of primary amides is 1. The first-order chi connectivity index (χ1) is 9.34. The first-order valence-corrected chi connectivity index (χ1v) is 5.45. The van der Waals surface area contributed by atoms with Crippen LogP contribution in [0.4, 0.5) is 24.7 Å². The van der Waals surface area contributed by atoms with Crippen LogP contribution in [-0.4, -0.2) is 20.7 Å². The molecule has 20 heavy (non-hydrogen) atoms. The smallest absolute Gasteiger partial charge is 0.368 e. The van der Waals surface area contributed by atoms with Gasteiger partial charge in [-0.2, -0.15) is 18.3 Å². The van der Waals surface area contributed by atoms with Crippen molar-refractivity contribution in [2.45, 2.75) is 12.7 Å². The standard InChI is InChI=1S/C11H10F3N5O/c12-11(13,14)7-1-2-10(16-3-7)18-8-4-17-19(5-8)6-9(15)20/h1-5H,6H2,(H2,15,20)(H,16,18). The summed E-state index contributed by atoms with van der Waals surface area (Å²) in [6.07, 6.45) is -0.791. The lowest BCUT2D eigenvalue weighted by molar-refractivity contribution is -0.137. The minimum absolute atomic E-state index is 0.0812. The number of aromatic nitrogens is 3. The van der Waals surface area contributed by atoms with Crippen LogP contribution in [0.5, 0.6) is 0 Å². The number of nitrogens with one attached hydrogen (secondary N) is 1. The van der Waals surface area contributed by atoms with Gasteiger partial charge in [-0.1, -0.05) is 0 Å². The van der Waals surface area contributed by atoms with Crippen molar-refractivity contribution in [2.75, 3.05) is 5.32 Å². The summed E-state index contributed by atoms with van der Waals surface area (Å²) in [6.45, 7) is -0.0812. The van der Waals surface area contributed by atoms with Gasteiger partial charge >= 0.3 is 6.18 Å². The lowest BCUT2D eigenvalue weighted by Gasteiger charge is -2.07. The van der Waals surface area contributed by atoms with E-state index in [4.69, 9.17) is 5.73 Å². The molecule has 0 bridgehead atoms. The van der Waals surface area contributed by atoms with E-state index in [9.17, 15) is 18.0 Å². The van der Waals surface area contributed by atoms with Crippen molar-refractivity contribution in [1.29, 1.82) is 0 Å². The third kappa shape index (κ3) is 3.46. The molecule has 3 N–H and O–H groups in total. The summed E-state index contributed by atoms with van der Waals surface area (Å²) in [5.41, 5.74) is 4.66. The number of nitrogens with zero attached hydrogens (tertiary/aromatic N) is 3. The quantitative estimate of drug-likeness (QED) is 0.892. The normalized spacial score (nSPS) is 11.3. The third-order valence-electron chi connectivity index (χ3n) is 2.31. The highest BCUT2D eigenvalue weighted by Crippen LogP contribution is 2.29. The summed E-state index contributed by atoms with van der Waals surface area (Å²) in [7, 11) is 0. The van der Waals surface area contributed by atoms with E-state index in [0.29, 0.717) is 5.69 Å². The molecule has 9 heteroatoms. The molecule has 0 atom stereocenters. The van der Waals surface area contributed by atoms with Crippen molar-refractivity contribution >= 4 is 17.4 Å². The number of amides is 1. The SMILES string of the molecule is NC(=O)Cn1cc(Nc2ccc(C(F)(F)F)cn2)cn1. The van der Waals surface area contributed by atoms with Crippen LogP contribution in [-0.2, 0) is 17.5 Å². The summed E-state index contributed by atoms with van der Waals surface area (Å²) in [4.78, 5) is 14.3. The van der Waals surface area contributed by atoms with E-state index in [1.807, 2.05) is 0 Å². The van der Waals surface area contributed by atoms with Crippen molar-refractivity contribution in [1.82, 2.24) is 14.8 Å². The van der Waals surface area contributed by atoms with Gasteiger partial charge in [0.15, 0.2) is 0 Å². The van der Waals surface area contributed by atoms with Crippen LogP contribution in [0.3, 0.4) is 0 Å². The number of carbonyl (C=O) groups is 1. The Hall–Kier alpha value is -2.58. The molecule has 0 saturated heterocycles. The Bertz CT molecular complexity index is 605. The number of pyridine rings is 1. The highest BCUT2D eigenvalue weighted by atomic mass is 19.4. The van der Waals surface area contributed by atoms with Crippen LogP contribution in [0.1, 0.15) is 5.56 Å². The largest absolute Gasteiger partial charge is 0.417 e. The Labute approximate surface area is 111 Å². The Kier molecular flexibility index (Phi) is 3.59. The lowest BCUT2D eigenvalue weighted by atomic mass is 10.3. The molecule has 0 fully saturated rings. The number of nitrogens with two attached hydrogens (primary N) is 1. The summed E-state index contributed by atoms with van der Waals surface area (Å²) in [6, 6.07) is 2.12. The first-order valence-electron chi connectivity index (χ1n) is 5.45. The fourth-order valence-corrected chi connectivity index (χ4v) is 1.46. The Balaban J connectivity index is 2.06. The number of carbonyl (C=O) groups excluding carboxylic acids is 1. The Morgan fingerprint density at radius 3 is 2.65 bits per heavy atom. The Morgan fingerprint density at radius 2 is 2.10 bits per heavy atom. The second kappa shape index (κ2) is 5.19. The van der Waals surface area contributed by atoms with Crippen LogP contribution in [0, 0.1) is 0 Å². The molecule has 6 nitrogen and oxygen atoms in total. The predicted octanol–water partition coefficient (Wildman–Crippen LogP) is 1.53. The van der Waals surface area contributed by atoms with Gasteiger partial charge in [0.2, 0.25) is 5.91 Å². The molecular formula is C11H10F3N5O. The number of hydrogen-bond acceptors (Lipinski definition) is 4. The molecule has 1 amide bonds. The van der Waals surface area contributed by atoms with E-state index in [1.165, 1.54) is 23.1 Å². The first kappa shape index (κ1) is 13.8. The average molecular weight is 285 g/mol. The van der Waals surface area contributed by atoms with Crippen LogP contribution in [0.15, 0.2) is 30.7 Å². The van der Waals surface area contributed by atoms with E-state index in [1.54, 1.807) is 0 Å². The maximum absolute atomic E-state index is 12.4. The maximum atomic E-state index is 12.4. The highest BCUT2D eigenvalue weighted by Gasteiger charge is 2.30. The molecule has 0 saturated carbocycles. The number of anilines is 2. The second-order valence-corrected chi connectivity index (χ2v) is 3.95. The second-order valence-electron chi connectivity index (χ2n) is 3.95. The summed E-state index contributed by atoms with van der Waals surface area (Å²) >= 11 is 0. The molecule has 0 aromatic carbocycles. The topological polar surface area (TPSA) is 85.8 Å². The van der Waals surface area contributed by atoms with E-state index in [2.05, 4.69) is 15.4 Å². The van der Waals surface area contributed by atoms with Gasteiger partial charge in [-0.25, -0.2) is 4.98 Å². The number of rotatable bonds is 4. The summed E-state index contributed by atoms with van der Waals surface area (Å²) in [5.74, 6) is -0.316. The van der Waals surface area contributed by atoms with Gasteiger partial charge in [0, 0.05) is 12.4 Å². The van der Waals surface area contributed by atoms with Gasteiger partial charge in [0.1, 0.15) is 12.4 Å². The third-order valence-corrected chi connectivity index (χ3v) is 2.31. The van der Waals surface area contributed by atoms with Crippen LogP contribution < -0.4 is 11.1 Å². The van der Waals surface area contributed by atoms with Gasteiger partial charge < -0.3 is 11.1 Å². The molecule has 2 aromatic rings. The molecule has 0 aliphatic rings. The number of halogens is 3. The van der Waals surface area contributed by atoms with Gasteiger partial charge in [0.05, 0.1) is 17.4 Å².